The molecule has 2 heterocycles. The lowest BCUT2D eigenvalue weighted by Gasteiger charge is -1.84. The fraction of sp³-hybridized carbons (Fsp3) is 0.143. The zero-order valence-electron chi connectivity index (χ0n) is 6.24. The monoisotopic (exact) mass is 292 g/mol. The van der Waals surface area contributed by atoms with E-state index in [1.807, 2.05) is 19.1 Å². The highest BCUT2D eigenvalue weighted by Gasteiger charge is 2.07. The summed E-state index contributed by atoms with van der Waals surface area (Å²) in [5.74, 6) is 1.70. The summed E-state index contributed by atoms with van der Waals surface area (Å²) in [6.45, 7) is 1.91. The van der Waals surface area contributed by atoms with Gasteiger partial charge in [-0.2, -0.15) is 4.37 Å². The van der Waals surface area contributed by atoms with Gasteiger partial charge in [-0.05, 0) is 30.6 Å². The van der Waals surface area contributed by atoms with Crippen LogP contribution in [0.25, 0.3) is 10.8 Å². The molecule has 5 heteroatoms. The van der Waals surface area contributed by atoms with Gasteiger partial charge in [0.1, 0.15) is 5.76 Å². The molecule has 0 saturated carbocycles. The van der Waals surface area contributed by atoms with E-state index in [0.29, 0.717) is 0 Å². The summed E-state index contributed by atoms with van der Waals surface area (Å²) >= 11 is 3.43. The van der Waals surface area contributed by atoms with E-state index in [1.165, 1.54) is 11.5 Å². The molecular weight excluding hydrogens is 287 g/mol. The lowest BCUT2D eigenvalue weighted by atomic mass is 10.4. The Balaban J connectivity index is 2.43. The molecule has 0 aromatic carbocycles. The molecule has 0 aliphatic heterocycles. The number of furan rings is 1. The SMILES string of the molecule is Cc1ccc(-c2nc(I)ns2)o1. The predicted molar refractivity (Wildman–Crippen MR) is 55.1 cm³/mol. The maximum absolute atomic E-state index is 5.39. The van der Waals surface area contributed by atoms with Crippen LogP contribution in [0.5, 0.6) is 0 Å². The summed E-state index contributed by atoms with van der Waals surface area (Å²) in [6, 6.07) is 3.83. The molecule has 0 saturated heterocycles. The lowest BCUT2D eigenvalue weighted by Crippen LogP contribution is -1.72. The number of nitrogens with zero attached hydrogens (tertiary/aromatic N) is 2. The summed E-state index contributed by atoms with van der Waals surface area (Å²) in [7, 11) is 0. The van der Waals surface area contributed by atoms with E-state index in [1.54, 1.807) is 0 Å². The Morgan fingerprint density at radius 2 is 2.33 bits per heavy atom. The molecule has 0 radical (unpaired) electrons. The minimum absolute atomic E-state index is 0.765. The Morgan fingerprint density at radius 3 is 2.83 bits per heavy atom. The Hall–Kier alpha value is -0.430. The van der Waals surface area contributed by atoms with Crippen LogP contribution in [-0.2, 0) is 0 Å². The van der Waals surface area contributed by atoms with Crippen molar-refractivity contribution >= 4 is 34.1 Å². The summed E-state index contributed by atoms with van der Waals surface area (Å²) in [5.41, 5.74) is 0. The molecule has 0 atom stereocenters. The smallest absolute Gasteiger partial charge is 0.203 e. The Bertz CT molecular complexity index is 357. The van der Waals surface area contributed by atoms with Gasteiger partial charge in [-0.25, -0.2) is 4.98 Å². The van der Waals surface area contributed by atoms with Crippen LogP contribution in [0.3, 0.4) is 0 Å². The Morgan fingerprint density at radius 1 is 1.50 bits per heavy atom. The van der Waals surface area contributed by atoms with E-state index in [0.717, 1.165) is 20.4 Å². The van der Waals surface area contributed by atoms with E-state index < -0.39 is 0 Å². The van der Waals surface area contributed by atoms with Crippen molar-refractivity contribution in [3.8, 4) is 10.8 Å². The minimum atomic E-state index is 0.765. The molecule has 0 aliphatic rings. The molecule has 0 aliphatic carbocycles. The molecule has 3 nitrogen and oxygen atoms in total. The average Bonchev–Trinajstić information content (AvgIpc) is 2.58. The van der Waals surface area contributed by atoms with Crippen molar-refractivity contribution in [2.45, 2.75) is 6.92 Å². The summed E-state index contributed by atoms with van der Waals surface area (Å²) < 4.78 is 10.2. The van der Waals surface area contributed by atoms with Crippen molar-refractivity contribution in [2.24, 2.45) is 0 Å². The van der Waals surface area contributed by atoms with Gasteiger partial charge in [0.05, 0.1) is 0 Å². The summed E-state index contributed by atoms with van der Waals surface area (Å²) in [5, 5.41) is 0.840. The van der Waals surface area contributed by atoms with Crippen molar-refractivity contribution in [1.82, 2.24) is 9.36 Å². The van der Waals surface area contributed by atoms with E-state index in [-0.39, 0.29) is 0 Å². The van der Waals surface area contributed by atoms with Crippen molar-refractivity contribution in [3.63, 3.8) is 0 Å². The molecule has 12 heavy (non-hydrogen) atoms. The molecule has 2 aromatic heterocycles. The first kappa shape index (κ1) is 8.18. The van der Waals surface area contributed by atoms with Crippen molar-refractivity contribution in [2.75, 3.05) is 0 Å². The minimum Gasteiger partial charge on any atom is -0.459 e. The first-order valence-corrected chi connectivity index (χ1v) is 5.17. The van der Waals surface area contributed by atoms with Crippen LogP contribution in [-0.4, -0.2) is 9.36 Å². The highest BCUT2D eigenvalue weighted by molar-refractivity contribution is 14.1. The molecule has 0 bridgehead atoms. The van der Waals surface area contributed by atoms with Gasteiger partial charge in [0.15, 0.2) is 10.8 Å². The fourth-order valence-electron chi connectivity index (χ4n) is 0.855. The van der Waals surface area contributed by atoms with E-state index in [4.69, 9.17) is 4.42 Å². The van der Waals surface area contributed by atoms with Gasteiger partial charge in [-0.1, -0.05) is 0 Å². The van der Waals surface area contributed by atoms with Gasteiger partial charge in [-0.3, -0.25) is 0 Å². The van der Waals surface area contributed by atoms with Crippen molar-refractivity contribution in [3.05, 3.63) is 21.7 Å². The highest BCUT2D eigenvalue weighted by Crippen LogP contribution is 2.23. The number of hydrogen-bond acceptors (Lipinski definition) is 4. The highest BCUT2D eigenvalue weighted by atomic mass is 127. The number of halogens is 1. The molecule has 0 unspecified atom stereocenters. The van der Waals surface area contributed by atoms with Gasteiger partial charge in [-0.15, -0.1) is 0 Å². The Kier molecular flexibility index (Phi) is 2.14. The van der Waals surface area contributed by atoms with E-state index >= 15 is 0 Å². The van der Waals surface area contributed by atoms with E-state index in [9.17, 15) is 0 Å². The van der Waals surface area contributed by atoms with E-state index in [2.05, 4.69) is 31.9 Å². The molecule has 62 valence electrons. The molecule has 0 N–H and O–H groups in total. The third kappa shape index (κ3) is 1.51. The van der Waals surface area contributed by atoms with Crippen LogP contribution in [0.15, 0.2) is 16.5 Å². The zero-order valence-corrected chi connectivity index (χ0v) is 9.22. The average molecular weight is 292 g/mol. The second kappa shape index (κ2) is 3.14. The van der Waals surface area contributed by atoms with Gasteiger partial charge in [0, 0.05) is 22.6 Å². The lowest BCUT2D eigenvalue weighted by molar-refractivity contribution is 0.548. The van der Waals surface area contributed by atoms with Crippen molar-refractivity contribution in [1.29, 1.82) is 0 Å². The second-order valence-corrected chi connectivity index (χ2v) is 4.00. The largest absolute Gasteiger partial charge is 0.459 e. The van der Waals surface area contributed by atoms with Gasteiger partial charge >= 0.3 is 0 Å². The van der Waals surface area contributed by atoms with Crippen LogP contribution < -0.4 is 0 Å². The third-order valence-corrected chi connectivity index (χ3v) is 2.89. The van der Waals surface area contributed by atoms with Crippen LogP contribution in [0, 0.1) is 10.8 Å². The normalized spacial score (nSPS) is 10.5. The number of aryl methyl sites for hydroxylation is 1. The predicted octanol–water partition coefficient (Wildman–Crippen LogP) is 2.71. The van der Waals surface area contributed by atoms with Gasteiger partial charge in [0.2, 0.25) is 3.83 Å². The maximum atomic E-state index is 5.39. The molecule has 0 amide bonds. The zero-order chi connectivity index (χ0) is 8.55. The van der Waals surface area contributed by atoms with Crippen LogP contribution in [0.1, 0.15) is 5.76 Å². The molecular formula is C7H5IN2OS. The second-order valence-electron chi connectivity index (χ2n) is 2.28. The Labute approximate surface area is 87.1 Å². The van der Waals surface area contributed by atoms with Gasteiger partial charge < -0.3 is 4.42 Å². The van der Waals surface area contributed by atoms with Crippen molar-refractivity contribution < 1.29 is 4.42 Å². The fourth-order valence-corrected chi connectivity index (χ4v) is 2.08. The van der Waals surface area contributed by atoms with Crippen LogP contribution in [0.4, 0.5) is 0 Å². The van der Waals surface area contributed by atoms with Crippen LogP contribution >= 0.6 is 34.1 Å². The quantitative estimate of drug-likeness (QED) is 0.759. The number of aromatic nitrogens is 2. The number of rotatable bonds is 1. The first-order valence-electron chi connectivity index (χ1n) is 3.32. The van der Waals surface area contributed by atoms with Crippen LogP contribution in [0.2, 0.25) is 0 Å². The maximum Gasteiger partial charge on any atom is 0.203 e. The van der Waals surface area contributed by atoms with Gasteiger partial charge in [0.25, 0.3) is 0 Å². The third-order valence-electron chi connectivity index (χ3n) is 1.35. The summed E-state index contributed by atoms with van der Waals surface area (Å²) in [4.78, 5) is 4.19. The number of hydrogen-bond donors (Lipinski definition) is 0. The molecule has 0 fully saturated rings. The standard InChI is InChI=1S/C7H5IN2OS/c1-4-2-3-5(11-4)6-9-7(8)10-12-6/h2-3H,1H3. The molecule has 2 rings (SSSR count). The molecule has 2 aromatic rings. The molecule has 0 spiro atoms. The first-order chi connectivity index (χ1) is 5.75. The topological polar surface area (TPSA) is 38.9 Å². The summed E-state index contributed by atoms with van der Waals surface area (Å²) in [6.07, 6.45) is 0.